The van der Waals surface area contributed by atoms with Gasteiger partial charge in [-0.25, -0.2) is 27.6 Å². The van der Waals surface area contributed by atoms with E-state index in [-0.39, 0.29) is 46.3 Å². The maximum Gasteiger partial charge on any atom is 0.349 e. The second-order valence-corrected chi connectivity index (χ2v) is 27.2. The molecular weight excluding hydrogens is 1440 g/mol. The van der Waals surface area contributed by atoms with Crippen molar-refractivity contribution in [3.63, 3.8) is 0 Å². The van der Waals surface area contributed by atoms with Gasteiger partial charge in [-0.3, -0.25) is 0 Å². The largest absolute Gasteiger partial charge is 0.546 e. The number of para-hydroxylation sites is 3. The molecule has 3 aliphatic rings. The number of benzene rings is 8. The molecule has 25 heteroatoms. The Balaban J connectivity index is 0.000000186. The summed E-state index contributed by atoms with van der Waals surface area (Å²) in [6, 6.07) is 48.0. The Labute approximate surface area is 646 Å². The first-order chi connectivity index (χ1) is 53.6. The van der Waals surface area contributed by atoms with Gasteiger partial charge in [0.15, 0.2) is 40.6 Å². The second-order valence-electron chi connectivity index (χ2n) is 27.2. The van der Waals surface area contributed by atoms with Crippen LogP contribution in [0.2, 0.25) is 0 Å². The van der Waals surface area contributed by atoms with Crippen LogP contribution in [-0.4, -0.2) is 182 Å². The van der Waals surface area contributed by atoms with Gasteiger partial charge in [0.1, 0.15) is 29.0 Å². The lowest BCUT2D eigenvalue weighted by Crippen LogP contribution is -3.13. The van der Waals surface area contributed by atoms with Gasteiger partial charge in [0.2, 0.25) is 6.10 Å². The number of carboxylic acids is 2. The van der Waals surface area contributed by atoms with Gasteiger partial charge in [-0.2, -0.15) is 0 Å². The van der Waals surface area contributed by atoms with E-state index in [1.807, 2.05) is 91.0 Å². The minimum Gasteiger partial charge on any atom is -0.546 e. The van der Waals surface area contributed by atoms with Gasteiger partial charge < -0.3 is 92.4 Å². The average Bonchev–Trinajstić information content (AvgIpc) is 0.828. The highest BCUT2D eigenvalue weighted by molar-refractivity contribution is 5.95. The number of piperidine rings is 3. The third-order valence-corrected chi connectivity index (χ3v) is 20.4. The number of carbonyl (C=O) groups is 4. The number of carbonyl (C=O) groups excluding carboxylic acids is 3. The molecule has 3 aliphatic heterocycles. The number of likely N-dealkylation sites (tertiary alicyclic amines) is 3. The standard InChI is InChI=1S/3C22H28FNO3.C20H18O10/c3*1-26-20-5-3-4-19(22(20)27-2)21(25)17-11-14-24(15-12-17)13-10-16-6-8-18(23)9-7-16;1-27-13-7-3-11(4-8-13)19(25)29-15(17(21)22)16(18(23)24)30-20(26)12-5-9-14(28-2)10-6-12/h3*3-9,17,21,25H,10-15H2,1-2H3;3-10,15-16H,1-2H3,(H,21,22)(H,23,24)/t2*21-;;15-,16-/m00.0/s1. The molecule has 8 aromatic carbocycles. The Morgan fingerprint density at radius 1 is 0.414 bits per heavy atom. The highest BCUT2D eigenvalue weighted by Gasteiger charge is 2.38. The van der Waals surface area contributed by atoms with Gasteiger partial charge in [-0.15, -0.1) is 0 Å². The quantitative estimate of drug-likeness (QED) is 0.0262. The smallest absolute Gasteiger partial charge is 0.349 e. The Kier molecular flexibility index (Phi) is 34.0. The van der Waals surface area contributed by atoms with E-state index < -0.39 is 54.4 Å². The normalized spacial score (nSPS) is 16.6. The number of esters is 2. The molecule has 8 aromatic rings. The summed E-state index contributed by atoms with van der Waals surface area (Å²) in [6.07, 6.45) is 2.07. The SMILES string of the molecule is COc1ccc(C(=O)O[C@H](C(=O)[O-])[C@H](OC(=O)c2ccc(OC)cc2)C(=O)O)cc1.COc1cccc(C(O)C2CCN(CCc3ccc(F)cc3)CC2)c1OC.COc1cccc([C@@H](O)C2CCN(CCc3ccc(F)cc3)CC2)c1OC.COc1cccc([C@@H](O)C2CC[NH+](CCc3ccc(F)cc3)CC2)c1OC. The third kappa shape index (κ3) is 25.0. The number of methoxy groups -OCH3 is 8. The van der Waals surface area contributed by atoms with Crippen molar-refractivity contribution in [2.45, 2.75) is 88.3 Å². The van der Waals surface area contributed by atoms with Crippen molar-refractivity contribution in [1.29, 1.82) is 0 Å². The van der Waals surface area contributed by atoms with Crippen LogP contribution in [0.4, 0.5) is 13.2 Å². The maximum absolute atomic E-state index is 13.0. The minimum atomic E-state index is -2.39. The molecule has 0 radical (unpaired) electrons. The van der Waals surface area contributed by atoms with Crippen LogP contribution in [0.3, 0.4) is 0 Å². The van der Waals surface area contributed by atoms with E-state index in [9.17, 15) is 57.9 Å². The molecule has 0 aromatic heterocycles. The number of nitrogens with one attached hydrogen (secondary N) is 1. The molecule has 5 N–H and O–H groups in total. The molecule has 3 fully saturated rings. The van der Waals surface area contributed by atoms with Crippen LogP contribution >= 0.6 is 0 Å². The number of hydrogen-bond acceptors (Lipinski definition) is 20. The van der Waals surface area contributed by atoms with Crippen molar-refractivity contribution in [3.8, 4) is 46.0 Å². The summed E-state index contributed by atoms with van der Waals surface area (Å²) < 4.78 is 90.8. The van der Waals surface area contributed by atoms with Gasteiger partial charge in [0.25, 0.3) is 0 Å². The zero-order chi connectivity index (χ0) is 79.9. The van der Waals surface area contributed by atoms with E-state index in [2.05, 4.69) is 9.80 Å². The van der Waals surface area contributed by atoms with Crippen molar-refractivity contribution in [1.82, 2.24) is 9.80 Å². The average molecular weight is 1540 g/mol. The molecular formula is C86H102F3N3O19. The van der Waals surface area contributed by atoms with Crippen LogP contribution in [0.15, 0.2) is 176 Å². The minimum absolute atomic E-state index is 0.0689. The van der Waals surface area contributed by atoms with E-state index >= 15 is 0 Å². The van der Waals surface area contributed by atoms with Crippen LogP contribution in [-0.2, 0) is 38.3 Å². The summed E-state index contributed by atoms with van der Waals surface area (Å²) in [6.45, 7) is 8.84. The Morgan fingerprint density at radius 2 is 0.730 bits per heavy atom. The van der Waals surface area contributed by atoms with E-state index in [1.165, 1.54) is 105 Å². The third-order valence-electron chi connectivity index (χ3n) is 20.4. The Morgan fingerprint density at radius 3 is 1.03 bits per heavy atom. The zero-order valence-electron chi connectivity index (χ0n) is 64.0. The first-order valence-electron chi connectivity index (χ1n) is 36.9. The lowest BCUT2D eigenvalue weighted by atomic mass is 9.87. The van der Waals surface area contributed by atoms with Crippen LogP contribution in [0.5, 0.6) is 46.0 Å². The predicted octanol–water partition coefficient (Wildman–Crippen LogP) is 10.4. The van der Waals surface area contributed by atoms with Crippen molar-refractivity contribution in [3.05, 3.63) is 238 Å². The molecule has 3 heterocycles. The number of ether oxygens (including phenoxy) is 10. The molecule has 3 saturated heterocycles. The fourth-order valence-electron chi connectivity index (χ4n) is 13.9. The van der Waals surface area contributed by atoms with E-state index in [0.29, 0.717) is 46.0 Å². The van der Waals surface area contributed by atoms with Crippen molar-refractivity contribution in [2.24, 2.45) is 17.8 Å². The molecule has 0 amide bonds. The van der Waals surface area contributed by atoms with Gasteiger partial charge in [0.05, 0.1) is 112 Å². The monoisotopic (exact) mass is 1540 g/mol. The molecule has 111 heavy (non-hydrogen) atoms. The second kappa shape index (κ2) is 43.8. The zero-order valence-corrected chi connectivity index (χ0v) is 64.0. The number of aliphatic hydroxyl groups is 3. The van der Waals surface area contributed by atoms with Gasteiger partial charge in [-0.1, -0.05) is 72.8 Å². The number of quaternary nitrogens is 1. The fraction of sp³-hybridized carbons (Fsp3) is 0.395. The number of aliphatic carboxylic acids is 2. The van der Waals surface area contributed by atoms with Crippen molar-refractivity contribution >= 4 is 23.9 Å². The number of rotatable bonds is 30. The van der Waals surface area contributed by atoms with Crippen LogP contribution < -0.4 is 47.9 Å². The number of halogens is 3. The first kappa shape index (κ1) is 86.2. The van der Waals surface area contributed by atoms with Gasteiger partial charge in [-0.05, 0) is 202 Å². The van der Waals surface area contributed by atoms with E-state index in [1.54, 1.807) is 47.6 Å². The number of nitrogens with zero attached hydrogens (tertiary/aromatic N) is 2. The summed E-state index contributed by atoms with van der Waals surface area (Å²) in [5.41, 5.74) is 5.72. The molecule has 5 atom stereocenters. The van der Waals surface area contributed by atoms with E-state index in [4.69, 9.17) is 47.4 Å². The maximum atomic E-state index is 13.0. The van der Waals surface area contributed by atoms with Crippen LogP contribution in [0.1, 0.15) is 111 Å². The molecule has 0 spiro atoms. The molecule has 596 valence electrons. The summed E-state index contributed by atoms with van der Waals surface area (Å²) in [5, 5.41) is 53.5. The fourth-order valence-corrected chi connectivity index (χ4v) is 13.9. The lowest BCUT2D eigenvalue weighted by Gasteiger charge is -2.34. The van der Waals surface area contributed by atoms with Crippen LogP contribution in [0.25, 0.3) is 0 Å². The highest BCUT2D eigenvalue weighted by Crippen LogP contribution is 2.43. The topological polar surface area (TPSA) is 275 Å². The Bertz CT molecular complexity index is 3790. The summed E-state index contributed by atoms with van der Waals surface area (Å²) in [7, 11) is 12.5. The van der Waals surface area contributed by atoms with Crippen LogP contribution in [0, 0.1) is 35.2 Å². The molecule has 1 unspecified atom stereocenters. The molecule has 0 bridgehead atoms. The summed E-state index contributed by atoms with van der Waals surface area (Å²) in [5.74, 6) is -1.47. The summed E-state index contributed by atoms with van der Waals surface area (Å²) in [4.78, 5) is 53.7. The first-order valence-corrected chi connectivity index (χ1v) is 36.9. The molecule has 0 saturated carbocycles. The van der Waals surface area contributed by atoms with Crippen molar-refractivity contribution in [2.75, 3.05) is 116 Å². The van der Waals surface area contributed by atoms with Gasteiger partial charge in [0, 0.05) is 49.0 Å². The number of carboxylic acid groups (broad SMARTS) is 2. The van der Waals surface area contributed by atoms with Crippen molar-refractivity contribution < 1.29 is 110 Å². The molecule has 22 nitrogen and oxygen atoms in total. The lowest BCUT2D eigenvalue weighted by molar-refractivity contribution is -0.906. The van der Waals surface area contributed by atoms with E-state index in [0.717, 1.165) is 145 Å². The number of aliphatic hydroxyl groups excluding tert-OH is 3. The highest BCUT2D eigenvalue weighted by atomic mass is 19.1. The number of hydrogen-bond donors (Lipinski definition) is 5. The Hall–Kier alpha value is -10.4. The molecule has 11 rings (SSSR count). The predicted molar refractivity (Wildman–Crippen MR) is 407 cm³/mol. The summed E-state index contributed by atoms with van der Waals surface area (Å²) >= 11 is 0. The van der Waals surface area contributed by atoms with Gasteiger partial charge >= 0.3 is 17.9 Å². The molecule has 0 aliphatic carbocycles.